The van der Waals surface area contributed by atoms with Crippen molar-refractivity contribution in [1.29, 1.82) is 0 Å². The average Bonchev–Trinajstić information content (AvgIpc) is 3.75. The third-order valence-electron chi connectivity index (χ3n) is 15.6. The van der Waals surface area contributed by atoms with Crippen LogP contribution in [0.2, 0.25) is 0 Å². The summed E-state index contributed by atoms with van der Waals surface area (Å²) >= 11 is 0. The number of Topliss-reactive ketones (excluding diaryl/α,β-unsaturated/α-hetero) is 1. The number of ketones is 1. The Balaban J connectivity index is 1.28. The zero-order valence-electron chi connectivity index (χ0n) is 34.9. The summed E-state index contributed by atoms with van der Waals surface area (Å²) in [6.07, 6.45) is 6.97. The Hall–Kier alpha value is -4.45. The number of piperidine rings is 3. The normalized spacial score (nSPS) is 33.6. The average molecular weight is 791 g/mol. The van der Waals surface area contributed by atoms with Gasteiger partial charge < -0.3 is 29.3 Å². The van der Waals surface area contributed by atoms with Crippen molar-refractivity contribution in [3.8, 4) is 5.75 Å². The summed E-state index contributed by atoms with van der Waals surface area (Å²) in [6, 6.07) is 12.4. The molecule has 10 unspecified atom stereocenters. The molecule has 58 heavy (non-hydrogen) atoms. The number of methoxy groups -OCH3 is 3. The maximum atomic E-state index is 14.5. The number of allylic oxidation sites excluding steroid dienone is 1. The molecule has 6 bridgehead atoms. The highest BCUT2D eigenvalue weighted by molar-refractivity contribution is 5.94. The van der Waals surface area contributed by atoms with Crippen LogP contribution in [0.3, 0.4) is 0 Å². The van der Waals surface area contributed by atoms with Gasteiger partial charge in [-0.15, -0.1) is 0 Å². The van der Waals surface area contributed by atoms with Crippen molar-refractivity contribution in [1.82, 2.24) is 19.8 Å². The Labute approximate surface area is 340 Å². The molecule has 4 aliphatic heterocycles. The van der Waals surface area contributed by atoms with Gasteiger partial charge in [-0.05, 0) is 88.1 Å². The van der Waals surface area contributed by atoms with Crippen LogP contribution in [0.4, 0.5) is 0 Å². The summed E-state index contributed by atoms with van der Waals surface area (Å²) < 4.78 is 17.7. The van der Waals surface area contributed by atoms with E-state index >= 15 is 0 Å². The molecule has 10 rings (SSSR count). The fourth-order valence-electron chi connectivity index (χ4n) is 13.3. The van der Waals surface area contributed by atoms with E-state index in [1.807, 2.05) is 20.0 Å². The van der Waals surface area contributed by atoms with Crippen molar-refractivity contribution in [3.05, 3.63) is 76.1 Å². The lowest BCUT2D eigenvalue weighted by Crippen LogP contribution is -2.70. The molecule has 308 valence electrons. The maximum absolute atomic E-state index is 14.5. The maximum Gasteiger partial charge on any atom is 0.319 e. The number of nitrogens with zero attached hydrogens (tertiary/aromatic N) is 2. The molecule has 6 heterocycles. The smallest absolute Gasteiger partial charge is 0.319 e. The molecule has 3 saturated heterocycles. The van der Waals surface area contributed by atoms with Gasteiger partial charge in [0.15, 0.2) is 0 Å². The molecule has 4 aromatic rings. The zero-order valence-corrected chi connectivity index (χ0v) is 34.9. The van der Waals surface area contributed by atoms with E-state index in [1.54, 1.807) is 14.0 Å². The molecule has 0 amide bonds. The van der Waals surface area contributed by atoms with E-state index < -0.39 is 16.8 Å². The largest absolute Gasteiger partial charge is 0.496 e. The predicted octanol–water partition coefficient (Wildman–Crippen LogP) is 6.20. The molecule has 11 heteroatoms. The summed E-state index contributed by atoms with van der Waals surface area (Å²) in [5.74, 6) is 0.198. The Morgan fingerprint density at radius 3 is 2.47 bits per heavy atom. The third-order valence-corrected chi connectivity index (χ3v) is 15.6. The van der Waals surface area contributed by atoms with Crippen molar-refractivity contribution < 1.29 is 33.7 Å². The van der Waals surface area contributed by atoms with Gasteiger partial charge in [-0.1, -0.05) is 43.2 Å². The fourth-order valence-corrected chi connectivity index (χ4v) is 13.3. The first-order valence-corrected chi connectivity index (χ1v) is 21.2. The van der Waals surface area contributed by atoms with Crippen LogP contribution >= 0.6 is 0 Å². The zero-order chi connectivity index (χ0) is 40.8. The highest BCUT2D eigenvalue weighted by atomic mass is 16.5. The number of aliphatic hydroxyl groups is 1. The predicted molar refractivity (Wildman–Crippen MR) is 222 cm³/mol. The topological polar surface area (TPSA) is 137 Å². The number of aromatic nitrogens is 2. The van der Waals surface area contributed by atoms with Crippen molar-refractivity contribution in [2.75, 3.05) is 48.1 Å². The number of fused-ring (bicyclic) bond motifs is 9. The Kier molecular flexibility index (Phi) is 9.68. The number of hydrogen-bond donors (Lipinski definition) is 3. The molecule has 0 spiro atoms. The molecule has 2 aromatic heterocycles. The lowest BCUT2D eigenvalue weighted by Gasteiger charge is -2.61. The molecule has 10 atom stereocenters. The van der Waals surface area contributed by atoms with Gasteiger partial charge in [0.25, 0.3) is 0 Å². The third kappa shape index (κ3) is 5.31. The van der Waals surface area contributed by atoms with Crippen LogP contribution < -0.4 is 4.74 Å². The van der Waals surface area contributed by atoms with Gasteiger partial charge in [0.05, 0.1) is 27.9 Å². The van der Waals surface area contributed by atoms with E-state index in [0.717, 1.165) is 74.8 Å². The summed E-state index contributed by atoms with van der Waals surface area (Å²) in [7, 11) is 6.68. The second kappa shape index (κ2) is 14.4. The number of para-hydroxylation sites is 1. The van der Waals surface area contributed by atoms with Crippen LogP contribution in [-0.2, 0) is 42.1 Å². The number of hydrogen-bond acceptors (Lipinski definition) is 9. The summed E-state index contributed by atoms with van der Waals surface area (Å²) in [4.78, 5) is 53.9. The molecule has 3 N–H and O–H groups in total. The number of aromatic amines is 2. The van der Waals surface area contributed by atoms with Gasteiger partial charge in [-0.2, -0.15) is 0 Å². The van der Waals surface area contributed by atoms with Crippen LogP contribution in [0, 0.1) is 23.2 Å². The SMILES string of the molecule is CC=C1CN(C)C2Cc3c([nH]c4ccccc34)C(c3cc4c5c([nH]c4cc3OC)C3(C(=O)OC)CC4CC(CC)C3N(CC5)C4CC(C)=O)CC1C2(CO)C(=O)OC. The Bertz CT molecular complexity index is 2340. The molecule has 2 aromatic carbocycles. The molecular weight excluding hydrogens is 733 g/mol. The quantitative estimate of drug-likeness (QED) is 0.141. The van der Waals surface area contributed by atoms with E-state index in [-0.39, 0.29) is 54.2 Å². The first-order chi connectivity index (χ1) is 28.0. The summed E-state index contributed by atoms with van der Waals surface area (Å²) in [5, 5.41) is 13.6. The molecule has 6 aliphatic rings. The lowest BCUT2D eigenvalue weighted by molar-refractivity contribution is -0.170. The van der Waals surface area contributed by atoms with Gasteiger partial charge in [0.1, 0.15) is 22.4 Å². The van der Waals surface area contributed by atoms with Gasteiger partial charge >= 0.3 is 11.9 Å². The highest BCUT2D eigenvalue weighted by Gasteiger charge is 2.65. The highest BCUT2D eigenvalue weighted by Crippen LogP contribution is 2.59. The molecule has 2 aliphatic carbocycles. The van der Waals surface area contributed by atoms with Crippen molar-refractivity contribution >= 4 is 39.5 Å². The van der Waals surface area contributed by atoms with Crippen molar-refractivity contribution in [3.63, 3.8) is 0 Å². The van der Waals surface area contributed by atoms with Gasteiger partial charge in [-0.3, -0.25) is 24.2 Å². The number of ether oxygens (including phenoxy) is 3. The minimum Gasteiger partial charge on any atom is -0.496 e. The van der Waals surface area contributed by atoms with Crippen LogP contribution in [0.15, 0.2) is 48.0 Å². The number of carbonyl (C=O) groups is 3. The second-order valence-corrected chi connectivity index (χ2v) is 17.9. The first-order valence-electron chi connectivity index (χ1n) is 21.2. The van der Waals surface area contributed by atoms with Gasteiger partial charge in [0.2, 0.25) is 0 Å². The first kappa shape index (κ1) is 39.0. The van der Waals surface area contributed by atoms with Gasteiger partial charge in [-0.25, -0.2) is 0 Å². The Morgan fingerprint density at radius 2 is 1.78 bits per heavy atom. The Morgan fingerprint density at radius 1 is 1.00 bits per heavy atom. The second-order valence-electron chi connectivity index (χ2n) is 17.9. The molecular formula is C47H58N4O7. The molecule has 11 nitrogen and oxygen atoms in total. The lowest BCUT2D eigenvalue weighted by atomic mass is 9.54. The van der Waals surface area contributed by atoms with Crippen LogP contribution in [0.25, 0.3) is 21.8 Å². The number of esters is 2. The molecule has 1 saturated carbocycles. The van der Waals surface area contributed by atoms with E-state index in [0.29, 0.717) is 50.3 Å². The minimum atomic E-state index is -1.20. The standard InChI is InChI=1S/C47H58N4O7/c1-8-26-17-28-22-46(44(54)57-6)42-30(14-15-51(43(26)46)38(28)16-25(3)53)31-18-32(39(56-5)21-37(31)49-42)33-19-35-27(9-2)23-50(4)40(47(35,24-52)45(55)58-7)20-34-29-12-10-11-13-36(29)48-41(33)34/h9-13,18,21,26,28,33,35,38,40,43,48-49,52H,8,14-17,19-20,22-24H2,1-7H3. The number of H-pyrrole nitrogens is 2. The minimum absolute atomic E-state index is 0.0870. The monoisotopic (exact) mass is 790 g/mol. The van der Waals surface area contributed by atoms with Crippen molar-refractivity contribution in [2.45, 2.75) is 95.2 Å². The van der Waals surface area contributed by atoms with Crippen LogP contribution in [0.1, 0.15) is 86.9 Å². The van der Waals surface area contributed by atoms with E-state index in [2.05, 4.69) is 63.1 Å². The molecule has 4 fully saturated rings. The van der Waals surface area contributed by atoms with E-state index in [9.17, 15) is 19.5 Å². The summed E-state index contributed by atoms with van der Waals surface area (Å²) in [6.45, 7) is 6.99. The van der Waals surface area contributed by atoms with Gasteiger partial charge in [0, 0.05) is 94.3 Å². The number of likely N-dealkylation sites (N-methyl/N-ethyl adjacent to an activating group) is 1. The van der Waals surface area contributed by atoms with E-state index in [4.69, 9.17) is 14.2 Å². The number of carbonyl (C=O) groups excluding carboxylic acids is 3. The number of rotatable bonds is 8. The van der Waals surface area contributed by atoms with Crippen molar-refractivity contribution in [2.24, 2.45) is 23.2 Å². The van der Waals surface area contributed by atoms with Crippen LogP contribution in [0.5, 0.6) is 5.75 Å². The van der Waals surface area contributed by atoms with E-state index in [1.165, 1.54) is 14.2 Å². The molecule has 0 radical (unpaired) electrons. The van der Waals surface area contributed by atoms with Crippen LogP contribution in [-0.4, -0.2) is 109 Å². The number of aliphatic hydroxyl groups excluding tert-OH is 1. The number of benzene rings is 2. The summed E-state index contributed by atoms with van der Waals surface area (Å²) in [5.41, 5.74) is 6.17. The number of nitrogens with one attached hydrogen (secondary N) is 2. The fraction of sp³-hybridized carbons (Fsp3) is 0.553. The number of likely N-dealkylation sites (tertiary alicyclic amines) is 1.